The van der Waals surface area contributed by atoms with Gasteiger partial charge in [0, 0.05) is 25.6 Å². The van der Waals surface area contributed by atoms with E-state index in [0.29, 0.717) is 36.9 Å². The highest BCUT2D eigenvalue weighted by Crippen LogP contribution is 2.19. The van der Waals surface area contributed by atoms with Gasteiger partial charge >= 0.3 is 0 Å². The first-order chi connectivity index (χ1) is 13.5. The molecule has 5 nitrogen and oxygen atoms in total. The van der Waals surface area contributed by atoms with Gasteiger partial charge in [-0.1, -0.05) is 49.6 Å². The zero-order valence-corrected chi connectivity index (χ0v) is 16.9. The zero-order valence-electron chi connectivity index (χ0n) is 16.9. The summed E-state index contributed by atoms with van der Waals surface area (Å²) < 4.78 is 5.54. The van der Waals surface area contributed by atoms with Gasteiger partial charge in [-0.3, -0.25) is 9.59 Å². The quantitative estimate of drug-likeness (QED) is 0.773. The molecule has 0 spiro atoms. The van der Waals surface area contributed by atoms with Crippen LogP contribution < -0.4 is 5.32 Å². The number of nitrogens with one attached hydrogen (secondary N) is 1. The predicted octanol–water partition coefficient (Wildman–Crippen LogP) is 4.38. The molecule has 3 rings (SSSR count). The lowest BCUT2D eigenvalue weighted by atomic mass is 9.95. The van der Waals surface area contributed by atoms with Crippen molar-refractivity contribution in [3.63, 3.8) is 0 Å². The van der Waals surface area contributed by atoms with Crippen molar-refractivity contribution >= 4 is 11.8 Å². The van der Waals surface area contributed by atoms with Crippen LogP contribution >= 0.6 is 0 Å². The predicted molar refractivity (Wildman–Crippen MR) is 109 cm³/mol. The molecule has 0 bridgehead atoms. The fourth-order valence-corrected chi connectivity index (χ4v) is 3.85. The molecule has 2 aromatic rings. The second-order valence-electron chi connectivity index (χ2n) is 7.69. The van der Waals surface area contributed by atoms with Crippen molar-refractivity contribution in [2.24, 2.45) is 0 Å². The van der Waals surface area contributed by atoms with Crippen LogP contribution in [0.5, 0.6) is 0 Å². The Morgan fingerprint density at radius 2 is 1.82 bits per heavy atom. The number of furan rings is 1. The van der Waals surface area contributed by atoms with Crippen molar-refractivity contribution in [2.75, 3.05) is 6.54 Å². The largest absolute Gasteiger partial charge is 0.466 e. The molecule has 0 aliphatic heterocycles. The van der Waals surface area contributed by atoms with Gasteiger partial charge in [-0.15, -0.1) is 0 Å². The molecule has 1 aromatic carbocycles. The number of rotatable bonds is 7. The smallest absolute Gasteiger partial charge is 0.257 e. The van der Waals surface area contributed by atoms with E-state index in [-0.39, 0.29) is 11.8 Å². The molecule has 1 heterocycles. The highest BCUT2D eigenvalue weighted by atomic mass is 16.3. The summed E-state index contributed by atoms with van der Waals surface area (Å²) in [5.74, 6) is 1.27. The molecule has 1 saturated carbocycles. The molecule has 0 unspecified atom stereocenters. The SMILES string of the molecule is Cc1cc(C(=O)N(CCC(=O)NC2CCCCC2)Cc2ccccc2)c(C)o1. The van der Waals surface area contributed by atoms with E-state index in [9.17, 15) is 9.59 Å². The van der Waals surface area contributed by atoms with Crippen molar-refractivity contribution in [1.82, 2.24) is 10.2 Å². The molecule has 28 heavy (non-hydrogen) atoms. The van der Waals surface area contributed by atoms with E-state index in [2.05, 4.69) is 5.32 Å². The fourth-order valence-electron chi connectivity index (χ4n) is 3.85. The van der Waals surface area contributed by atoms with Crippen LogP contribution in [0.1, 0.15) is 66.0 Å². The van der Waals surface area contributed by atoms with Gasteiger partial charge in [-0.05, 0) is 38.3 Å². The third-order valence-corrected chi connectivity index (χ3v) is 5.35. The molecule has 0 atom stereocenters. The van der Waals surface area contributed by atoms with Crippen LogP contribution in [-0.2, 0) is 11.3 Å². The average molecular weight is 383 g/mol. The Morgan fingerprint density at radius 1 is 1.11 bits per heavy atom. The molecule has 5 heteroatoms. The van der Waals surface area contributed by atoms with Crippen LogP contribution in [0.3, 0.4) is 0 Å². The minimum Gasteiger partial charge on any atom is -0.466 e. The number of carbonyl (C=O) groups is 2. The maximum atomic E-state index is 13.1. The average Bonchev–Trinajstić information content (AvgIpc) is 3.04. The summed E-state index contributed by atoms with van der Waals surface area (Å²) in [6.07, 6.45) is 6.06. The minimum atomic E-state index is -0.0938. The number of carbonyl (C=O) groups excluding carboxylic acids is 2. The summed E-state index contributed by atoms with van der Waals surface area (Å²) in [6.45, 7) is 4.50. The van der Waals surface area contributed by atoms with Crippen LogP contribution in [0.4, 0.5) is 0 Å². The van der Waals surface area contributed by atoms with E-state index in [1.807, 2.05) is 37.3 Å². The molecular formula is C23H30N2O3. The van der Waals surface area contributed by atoms with Crippen LogP contribution in [-0.4, -0.2) is 29.3 Å². The van der Waals surface area contributed by atoms with Gasteiger partial charge in [0.15, 0.2) is 0 Å². The second-order valence-corrected chi connectivity index (χ2v) is 7.69. The van der Waals surface area contributed by atoms with Crippen molar-refractivity contribution in [1.29, 1.82) is 0 Å². The lowest BCUT2D eigenvalue weighted by molar-refractivity contribution is -0.122. The van der Waals surface area contributed by atoms with Crippen molar-refractivity contribution in [3.8, 4) is 0 Å². The molecule has 1 aromatic heterocycles. The molecule has 1 N–H and O–H groups in total. The Kier molecular flexibility index (Phi) is 6.90. The third-order valence-electron chi connectivity index (χ3n) is 5.35. The maximum Gasteiger partial charge on any atom is 0.257 e. The number of amides is 2. The highest BCUT2D eigenvalue weighted by molar-refractivity contribution is 5.95. The number of benzene rings is 1. The van der Waals surface area contributed by atoms with Crippen LogP contribution in [0.25, 0.3) is 0 Å². The molecule has 1 aliphatic rings. The standard InChI is InChI=1S/C23H30N2O3/c1-17-15-21(18(2)28-17)23(27)25(16-19-9-5-3-6-10-19)14-13-22(26)24-20-11-7-4-8-12-20/h3,5-6,9-10,15,20H,4,7-8,11-14,16H2,1-2H3,(H,24,26). The van der Waals surface area contributed by atoms with E-state index in [1.165, 1.54) is 19.3 Å². The van der Waals surface area contributed by atoms with Gasteiger partial charge in [-0.25, -0.2) is 0 Å². The topological polar surface area (TPSA) is 62.6 Å². The number of nitrogens with zero attached hydrogens (tertiary/aromatic N) is 1. The highest BCUT2D eigenvalue weighted by Gasteiger charge is 2.22. The van der Waals surface area contributed by atoms with Crippen LogP contribution in [0.2, 0.25) is 0 Å². The molecule has 150 valence electrons. The van der Waals surface area contributed by atoms with Gasteiger partial charge in [0.25, 0.3) is 5.91 Å². The van der Waals surface area contributed by atoms with E-state index >= 15 is 0 Å². The van der Waals surface area contributed by atoms with Crippen LogP contribution in [0.15, 0.2) is 40.8 Å². The van der Waals surface area contributed by atoms with Crippen molar-refractivity contribution < 1.29 is 14.0 Å². The minimum absolute atomic E-state index is 0.0258. The Morgan fingerprint density at radius 3 is 2.46 bits per heavy atom. The summed E-state index contributed by atoms with van der Waals surface area (Å²) >= 11 is 0. The fraction of sp³-hybridized carbons (Fsp3) is 0.478. The van der Waals surface area contributed by atoms with E-state index < -0.39 is 0 Å². The molecule has 0 saturated heterocycles. The summed E-state index contributed by atoms with van der Waals surface area (Å²) in [7, 11) is 0. The lowest BCUT2D eigenvalue weighted by Crippen LogP contribution is -2.39. The third kappa shape index (κ3) is 5.47. The first-order valence-electron chi connectivity index (χ1n) is 10.2. The Labute approximate surface area is 167 Å². The first-order valence-corrected chi connectivity index (χ1v) is 10.2. The van der Waals surface area contributed by atoms with Gasteiger partial charge in [0.2, 0.25) is 5.91 Å². The second kappa shape index (κ2) is 9.58. The molecule has 1 aliphatic carbocycles. The Bertz CT molecular complexity index is 791. The monoisotopic (exact) mass is 382 g/mol. The van der Waals surface area contributed by atoms with Gasteiger partial charge in [0.1, 0.15) is 11.5 Å². The maximum absolute atomic E-state index is 13.1. The van der Waals surface area contributed by atoms with Crippen LogP contribution in [0, 0.1) is 13.8 Å². The Hall–Kier alpha value is -2.56. The lowest BCUT2D eigenvalue weighted by Gasteiger charge is -2.25. The number of aryl methyl sites for hydroxylation is 2. The van der Waals surface area contributed by atoms with E-state index in [1.54, 1.807) is 17.9 Å². The zero-order chi connectivity index (χ0) is 19.9. The number of hydrogen-bond acceptors (Lipinski definition) is 3. The van der Waals surface area contributed by atoms with Gasteiger partial charge in [-0.2, -0.15) is 0 Å². The summed E-state index contributed by atoms with van der Waals surface area (Å²) in [4.78, 5) is 27.3. The number of hydrogen-bond donors (Lipinski definition) is 1. The molecule has 0 radical (unpaired) electrons. The molecular weight excluding hydrogens is 352 g/mol. The normalized spacial score (nSPS) is 14.6. The van der Waals surface area contributed by atoms with Gasteiger partial charge in [0.05, 0.1) is 5.56 Å². The van der Waals surface area contributed by atoms with E-state index in [0.717, 1.165) is 24.2 Å². The first kappa shape index (κ1) is 20.2. The van der Waals surface area contributed by atoms with Gasteiger partial charge < -0.3 is 14.6 Å². The van der Waals surface area contributed by atoms with Crippen molar-refractivity contribution in [2.45, 2.75) is 65.0 Å². The van der Waals surface area contributed by atoms with E-state index in [4.69, 9.17) is 4.42 Å². The Balaban J connectivity index is 1.66. The summed E-state index contributed by atoms with van der Waals surface area (Å²) in [5.41, 5.74) is 1.61. The molecule has 2 amide bonds. The van der Waals surface area contributed by atoms with Crippen molar-refractivity contribution in [3.05, 3.63) is 59.0 Å². The molecule has 1 fully saturated rings. The summed E-state index contributed by atoms with van der Waals surface area (Å²) in [6, 6.07) is 11.9. The summed E-state index contributed by atoms with van der Waals surface area (Å²) in [5, 5.41) is 3.14.